The fraction of sp³-hybridized carbons (Fsp3) is 0.143. The Morgan fingerprint density at radius 3 is 2.72 bits per heavy atom. The van der Waals surface area contributed by atoms with Crippen LogP contribution in [0.25, 0.3) is 0 Å². The van der Waals surface area contributed by atoms with E-state index in [9.17, 15) is 4.39 Å². The van der Waals surface area contributed by atoms with Crippen LogP contribution in [0.2, 0.25) is 0 Å². The molecule has 0 fully saturated rings. The molecule has 0 N–H and O–H groups in total. The zero-order valence-corrected chi connectivity index (χ0v) is 12.5. The molecule has 0 aliphatic carbocycles. The van der Waals surface area contributed by atoms with Crippen molar-refractivity contribution in [2.24, 2.45) is 0 Å². The lowest BCUT2D eigenvalue weighted by Crippen LogP contribution is -2.03. The molecule has 0 saturated carbocycles. The third-order valence-corrected chi connectivity index (χ3v) is 4.15. The summed E-state index contributed by atoms with van der Waals surface area (Å²) in [5.74, 6) is 0.625. The van der Waals surface area contributed by atoms with Crippen molar-refractivity contribution in [2.45, 2.75) is 12.5 Å². The Bertz CT molecular complexity index is 613. The highest BCUT2D eigenvalue weighted by Gasteiger charge is 2.24. The number of hydrogen-bond acceptors (Lipinski definition) is 1. The van der Waals surface area contributed by atoms with Crippen LogP contribution in [0.5, 0.6) is 5.75 Å². The van der Waals surface area contributed by atoms with Crippen LogP contribution >= 0.6 is 31.9 Å². The van der Waals surface area contributed by atoms with Crippen molar-refractivity contribution in [3.8, 4) is 5.75 Å². The average molecular weight is 372 g/mol. The number of hydrogen-bond donors (Lipinski definition) is 0. The van der Waals surface area contributed by atoms with Crippen LogP contribution in [0.15, 0.2) is 45.3 Å². The van der Waals surface area contributed by atoms with E-state index in [2.05, 4.69) is 31.9 Å². The quantitative estimate of drug-likeness (QED) is 0.683. The number of halogens is 3. The molecule has 0 bridgehead atoms. The summed E-state index contributed by atoms with van der Waals surface area (Å²) in [6, 6.07) is 11.1. The Balaban J connectivity index is 1.91. The lowest BCUT2D eigenvalue weighted by atomic mass is 10.0. The van der Waals surface area contributed by atoms with Gasteiger partial charge in [0.15, 0.2) is 0 Å². The van der Waals surface area contributed by atoms with Crippen LogP contribution < -0.4 is 4.74 Å². The summed E-state index contributed by atoms with van der Waals surface area (Å²) in [7, 11) is 0. The molecule has 1 nitrogen and oxygen atoms in total. The first kappa shape index (κ1) is 12.2. The van der Waals surface area contributed by atoms with Gasteiger partial charge in [0.05, 0.1) is 4.47 Å². The van der Waals surface area contributed by atoms with E-state index >= 15 is 0 Å². The summed E-state index contributed by atoms with van der Waals surface area (Å²) in [4.78, 5) is 0. The summed E-state index contributed by atoms with van der Waals surface area (Å²) in [5, 5.41) is 0. The predicted molar refractivity (Wildman–Crippen MR) is 75.3 cm³/mol. The third-order valence-electron chi connectivity index (χ3n) is 3.01. The van der Waals surface area contributed by atoms with Gasteiger partial charge in [-0.3, -0.25) is 0 Å². The van der Waals surface area contributed by atoms with E-state index < -0.39 is 0 Å². The number of fused-ring (bicyclic) bond motifs is 1. The molecule has 3 rings (SSSR count). The van der Waals surface area contributed by atoms with Gasteiger partial charge in [0.1, 0.15) is 17.7 Å². The van der Waals surface area contributed by atoms with Crippen molar-refractivity contribution < 1.29 is 9.13 Å². The van der Waals surface area contributed by atoms with Gasteiger partial charge in [0.2, 0.25) is 0 Å². The van der Waals surface area contributed by atoms with E-state index in [0.29, 0.717) is 4.47 Å². The third kappa shape index (κ3) is 2.19. The summed E-state index contributed by atoms with van der Waals surface area (Å²) >= 11 is 6.59. The van der Waals surface area contributed by atoms with Crippen molar-refractivity contribution in [2.75, 3.05) is 0 Å². The number of benzene rings is 2. The van der Waals surface area contributed by atoms with E-state index in [1.165, 1.54) is 6.07 Å². The van der Waals surface area contributed by atoms with E-state index in [0.717, 1.165) is 27.8 Å². The molecule has 1 aliphatic rings. The van der Waals surface area contributed by atoms with Crippen LogP contribution in [-0.2, 0) is 6.42 Å². The Hall–Kier alpha value is -0.870. The minimum Gasteiger partial charge on any atom is -0.485 e. The van der Waals surface area contributed by atoms with Crippen molar-refractivity contribution in [3.63, 3.8) is 0 Å². The molecular formula is C14H9Br2FO. The van der Waals surface area contributed by atoms with Crippen LogP contribution in [0.1, 0.15) is 17.2 Å². The molecular weight excluding hydrogens is 363 g/mol. The molecule has 2 aromatic carbocycles. The van der Waals surface area contributed by atoms with Gasteiger partial charge in [-0.05, 0) is 57.4 Å². The lowest BCUT2D eigenvalue weighted by Gasteiger charge is -2.11. The maximum absolute atomic E-state index is 13.5. The summed E-state index contributed by atoms with van der Waals surface area (Å²) < 4.78 is 20.9. The molecule has 1 heterocycles. The van der Waals surface area contributed by atoms with Crippen LogP contribution in [0.3, 0.4) is 0 Å². The zero-order valence-electron chi connectivity index (χ0n) is 9.29. The fourth-order valence-corrected chi connectivity index (χ4v) is 2.77. The molecule has 0 amide bonds. The molecule has 4 heteroatoms. The Morgan fingerprint density at radius 2 is 1.94 bits per heavy atom. The first-order valence-electron chi connectivity index (χ1n) is 5.53. The summed E-state index contributed by atoms with van der Waals surface area (Å²) in [5.41, 5.74) is 2.01. The standard InChI is InChI=1S/C14H9Br2FO/c15-10-2-4-13-9(5-10)7-14(18-13)8-1-3-11(16)12(17)6-8/h1-6,14H,7H2. The smallest absolute Gasteiger partial charge is 0.137 e. The molecule has 0 spiro atoms. The molecule has 0 aromatic heterocycles. The number of ether oxygens (including phenoxy) is 1. The fourth-order valence-electron chi connectivity index (χ4n) is 2.12. The van der Waals surface area contributed by atoms with Gasteiger partial charge in [-0.15, -0.1) is 0 Å². The van der Waals surface area contributed by atoms with Gasteiger partial charge < -0.3 is 4.74 Å². The zero-order chi connectivity index (χ0) is 12.7. The van der Waals surface area contributed by atoms with Crippen molar-refractivity contribution in [3.05, 3.63) is 62.3 Å². The normalized spacial score (nSPS) is 17.4. The first-order chi connectivity index (χ1) is 8.63. The van der Waals surface area contributed by atoms with E-state index in [1.54, 1.807) is 6.07 Å². The van der Waals surface area contributed by atoms with Gasteiger partial charge in [-0.25, -0.2) is 4.39 Å². The minimum atomic E-state index is -0.256. The SMILES string of the molecule is Fc1cc(C2Cc3cc(Br)ccc3O2)ccc1Br. The summed E-state index contributed by atoms with van der Waals surface area (Å²) in [6.45, 7) is 0. The Kier molecular flexibility index (Phi) is 3.16. The largest absolute Gasteiger partial charge is 0.485 e. The second kappa shape index (κ2) is 4.67. The molecule has 1 unspecified atom stereocenters. The predicted octanol–water partition coefficient (Wildman–Crippen LogP) is 5.03. The maximum atomic E-state index is 13.5. The van der Waals surface area contributed by atoms with Gasteiger partial charge in [-0.2, -0.15) is 0 Å². The van der Waals surface area contributed by atoms with Gasteiger partial charge in [-0.1, -0.05) is 22.0 Å². The highest BCUT2D eigenvalue weighted by molar-refractivity contribution is 9.10. The van der Waals surface area contributed by atoms with Crippen LogP contribution in [-0.4, -0.2) is 0 Å². The number of rotatable bonds is 1. The summed E-state index contributed by atoms with van der Waals surface area (Å²) in [6.07, 6.45) is 0.674. The topological polar surface area (TPSA) is 9.23 Å². The van der Waals surface area contributed by atoms with E-state index in [1.807, 2.05) is 24.3 Å². The second-order valence-corrected chi connectivity index (χ2v) is 6.01. The molecule has 0 saturated heterocycles. The van der Waals surface area contributed by atoms with Gasteiger partial charge >= 0.3 is 0 Å². The highest BCUT2D eigenvalue weighted by atomic mass is 79.9. The molecule has 1 aliphatic heterocycles. The maximum Gasteiger partial charge on any atom is 0.137 e. The Morgan fingerprint density at radius 1 is 1.11 bits per heavy atom. The first-order valence-corrected chi connectivity index (χ1v) is 7.12. The Labute approximate surface area is 121 Å². The molecule has 18 heavy (non-hydrogen) atoms. The van der Waals surface area contributed by atoms with E-state index in [4.69, 9.17) is 4.74 Å². The monoisotopic (exact) mass is 370 g/mol. The minimum absolute atomic E-state index is 0.100. The van der Waals surface area contributed by atoms with Crippen LogP contribution in [0.4, 0.5) is 4.39 Å². The molecule has 0 radical (unpaired) electrons. The highest BCUT2D eigenvalue weighted by Crippen LogP contribution is 2.38. The van der Waals surface area contributed by atoms with Crippen molar-refractivity contribution >= 4 is 31.9 Å². The van der Waals surface area contributed by atoms with Crippen molar-refractivity contribution in [1.29, 1.82) is 0 Å². The van der Waals surface area contributed by atoms with Crippen LogP contribution in [0, 0.1) is 5.82 Å². The second-order valence-electron chi connectivity index (χ2n) is 4.24. The molecule has 2 aromatic rings. The van der Waals surface area contributed by atoms with Gasteiger partial charge in [0.25, 0.3) is 0 Å². The molecule has 92 valence electrons. The van der Waals surface area contributed by atoms with E-state index in [-0.39, 0.29) is 11.9 Å². The van der Waals surface area contributed by atoms with Gasteiger partial charge in [0, 0.05) is 10.9 Å². The molecule has 1 atom stereocenters. The van der Waals surface area contributed by atoms with Crippen molar-refractivity contribution in [1.82, 2.24) is 0 Å². The lowest BCUT2D eigenvalue weighted by molar-refractivity contribution is 0.238. The average Bonchev–Trinajstić information content (AvgIpc) is 2.75.